The third-order valence-electron chi connectivity index (χ3n) is 5.27. The maximum absolute atomic E-state index is 13.7. The van der Waals surface area contributed by atoms with Gasteiger partial charge in [-0.05, 0) is 43.7 Å². The number of hydrogen-bond donors (Lipinski definition) is 1. The van der Waals surface area contributed by atoms with Crippen molar-refractivity contribution in [3.05, 3.63) is 99.0 Å². The van der Waals surface area contributed by atoms with Crippen LogP contribution in [0.5, 0.6) is 5.75 Å². The standard InChI is InChI=1S/C24H17ClF5N3O3/c1-11-22(12(2)33(32-11)9-13-3-4-14(26)7-16(13)25)31-24(34)19-6-5-15(36-19)10-35-23-20(29)17(27)8-18(28)21(23)30/h3-8H,9-10H2,1-2H3,(H,31,34). The fourth-order valence-corrected chi connectivity index (χ4v) is 3.64. The van der Waals surface area contributed by atoms with E-state index in [1.165, 1.54) is 30.3 Å². The van der Waals surface area contributed by atoms with Gasteiger partial charge < -0.3 is 14.5 Å². The first-order valence-electron chi connectivity index (χ1n) is 10.4. The van der Waals surface area contributed by atoms with Gasteiger partial charge in [-0.1, -0.05) is 17.7 Å². The van der Waals surface area contributed by atoms with Gasteiger partial charge in [-0.2, -0.15) is 13.9 Å². The Morgan fingerprint density at radius 1 is 1.06 bits per heavy atom. The van der Waals surface area contributed by atoms with E-state index in [4.69, 9.17) is 20.8 Å². The zero-order valence-corrected chi connectivity index (χ0v) is 19.5. The van der Waals surface area contributed by atoms with Gasteiger partial charge >= 0.3 is 0 Å². The summed E-state index contributed by atoms with van der Waals surface area (Å²) in [5.74, 6) is -9.16. The van der Waals surface area contributed by atoms with E-state index >= 15 is 0 Å². The smallest absolute Gasteiger partial charge is 0.291 e. The van der Waals surface area contributed by atoms with E-state index in [1.807, 2.05) is 0 Å². The van der Waals surface area contributed by atoms with Gasteiger partial charge in [0.1, 0.15) is 18.2 Å². The Balaban J connectivity index is 1.46. The van der Waals surface area contributed by atoms with Crippen LogP contribution in [0.2, 0.25) is 5.02 Å². The molecule has 36 heavy (non-hydrogen) atoms. The van der Waals surface area contributed by atoms with Crippen LogP contribution in [0.3, 0.4) is 0 Å². The highest BCUT2D eigenvalue weighted by atomic mass is 35.5. The molecule has 0 saturated heterocycles. The van der Waals surface area contributed by atoms with E-state index in [2.05, 4.69) is 10.4 Å². The Morgan fingerprint density at radius 3 is 2.42 bits per heavy atom. The summed E-state index contributed by atoms with van der Waals surface area (Å²) in [5, 5.41) is 7.29. The molecular weight excluding hydrogens is 509 g/mol. The first-order valence-corrected chi connectivity index (χ1v) is 10.8. The number of halogens is 6. The van der Waals surface area contributed by atoms with Crippen molar-refractivity contribution in [3.63, 3.8) is 0 Å². The van der Waals surface area contributed by atoms with Crippen LogP contribution in [0.1, 0.15) is 33.3 Å². The molecule has 188 valence electrons. The summed E-state index contributed by atoms with van der Waals surface area (Å²) in [4.78, 5) is 12.7. The Bertz CT molecular complexity index is 1440. The van der Waals surface area contributed by atoms with Gasteiger partial charge in [0.05, 0.1) is 23.6 Å². The number of amides is 1. The molecule has 0 bridgehead atoms. The summed E-state index contributed by atoms with van der Waals surface area (Å²) in [7, 11) is 0. The molecule has 0 aliphatic rings. The molecule has 0 spiro atoms. The summed E-state index contributed by atoms with van der Waals surface area (Å²) in [5.41, 5.74) is 2.12. The molecule has 2 heterocycles. The second kappa shape index (κ2) is 10.0. The van der Waals surface area contributed by atoms with Crippen molar-refractivity contribution in [2.75, 3.05) is 5.32 Å². The predicted octanol–water partition coefficient (Wildman–Crippen LogP) is 6.32. The van der Waals surface area contributed by atoms with Crippen molar-refractivity contribution in [2.45, 2.75) is 27.0 Å². The molecule has 2 aromatic carbocycles. The number of carbonyl (C=O) groups excluding carboxylic acids is 1. The average Bonchev–Trinajstić information content (AvgIpc) is 3.40. The van der Waals surface area contributed by atoms with Gasteiger partial charge in [0.2, 0.25) is 11.6 Å². The third kappa shape index (κ3) is 5.06. The van der Waals surface area contributed by atoms with E-state index in [1.54, 1.807) is 18.5 Å². The number of hydrogen-bond acceptors (Lipinski definition) is 4. The van der Waals surface area contributed by atoms with Crippen molar-refractivity contribution >= 4 is 23.2 Å². The van der Waals surface area contributed by atoms with Crippen molar-refractivity contribution in [1.29, 1.82) is 0 Å². The molecule has 0 unspecified atom stereocenters. The van der Waals surface area contributed by atoms with Crippen LogP contribution in [-0.2, 0) is 13.2 Å². The highest BCUT2D eigenvalue weighted by Crippen LogP contribution is 2.28. The Morgan fingerprint density at radius 2 is 1.75 bits per heavy atom. The molecule has 1 N–H and O–H groups in total. The van der Waals surface area contributed by atoms with Crippen LogP contribution in [-0.4, -0.2) is 15.7 Å². The number of aromatic nitrogens is 2. The number of benzene rings is 2. The van der Waals surface area contributed by atoms with E-state index in [-0.39, 0.29) is 29.2 Å². The van der Waals surface area contributed by atoms with Crippen molar-refractivity contribution in [2.24, 2.45) is 0 Å². The van der Waals surface area contributed by atoms with Gasteiger partial charge in [0, 0.05) is 11.1 Å². The van der Waals surface area contributed by atoms with Gasteiger partial charge in [-0.3, -0.25) is 9.48 Å². The first-order chi connectivity index (χ1) is 17.0. The molecular formula is C24H17ClF5N3O3. The zero-order chi connectivity index (χ0) is 26.1. The summed E-state index contributed by atoms with van der Waals surface area (Å²) in [6.45, 7) is 3.03. The topological polar surface area (TPSA) is 69.3 Å². The lowest BCUT2D eigenvalue weighted by molar-refractivity contribution is 0.0992. The van der Waals surface area contributed by atoms with Crippen molar-refractivity contribution in [1.82, 2.24) is 9.78 Å². The number of carbonyl (C=O) groups is 1. The molecule has 0 fully saturated rings. The largest absolute Gasteiger partial charge is 0.479 e. The summed E-state index contributed by atoms with van der Waals surface area (Å²) in [6.07, 6.45) is 0. The predicted molar refractivity (Wildman–Crippen MR) is 119 cm³/mol. The molecule has 4 aromatic rings. The lowest BCUT2D eigenvalue weighted by Gasteiger charge is -2.08. The quantitative estimate of drug-likeness (QED) is 0.226. The number of furan rings is 1. The highest BCUT2D eigenvalue weighted by molar-refractivity contribution is 6.31. The van der Waals surface area contributed by atoms with Crippen LogP contribution < -0.4 is 10.1 Å². The normalized spacial score (nSPS) is 11.1. The van der Waals surface area contributed by atoms with Gasteiger partial charge in [0.25, 0.3) is 5.91 Å². The second-order valence-corrected chi connectivity index (χ2v) is 8.15. The lowest BCUT2D eigenvalue weighted by Crippen LogP contribution is -2.12. The van der Waals surface area contributed by atoms with E-state index in [9.17, 15) is 26.7 Å². The van der Waals surface area contributed by atoms with Gasteiger partial charge in [-0.15, -0.1) is 0 Å². The number of nitrogens with zero attached hydrogens (tertiary/aromatic N) is 2. The summed E-state index contributed by atoms with van der Waals surface area (Å²) in [6, 6.07) is 6.67. The Hall–Kier alpha value is -3.86. The van der Waals surface area contributed by atoms with Crippen LogP contribution in [0.25, 0.3) is 0 Å². The third-order valence-corrected chi connectivity index (χ3v) is 5.62. The van der Waals surface area contributed by atoms with E-state index < -0.39 is 47.3 Å². The van der Waals surface area contributed by atoms with Crippen LogP contribution >= 0.6 is 11.6 Å². The minimum atomic E-state index is -1.69. The molecule has 0 aliphatic carbocycles. The van der Waals surface area contributed by atoms with Crippen molar-refractivity contribution < 1.29 is 35.9 Å². The number of rotatable bonds is 7. The maximum atomic E-state index is 13.7. The second-order valence-electron chi connectivity index (χ2n) is 7.75. The summed E-state index contributed by atoms with van der Waals surface area (Å²) >= 11 is 6.09. The molecule has 0 radical (unpaired) electrons. The molecule has 12 heteroatoms. The van der Waals surface area contributed by atoms with Gasteiger partial charge in [0.15, 0.2) is 23.1 Å². The Kier molecular flexibility index (Phi) is 7.02. The van der Waals surface area contributed by atoms with Gasteiger partial charge in [-0.25, -0.2) is 13.2 Å². The average molecular weight is 526 g/mol. The molecule has 2 aromatic heterocycles. The monoisotopic (exact) mass is 525 g/mol. The minimum Gasteiger partial charge on any atom is -0.479 e. The lowest BCUT2D eigenvalue weighted by atomic mass is 10.2. The van der Waals surface area contributed by atoms with Crippen LogP contribution in [0.4, 0.5) is 27.6 Å². The SMILES string of the molecule is Cc1nn(Cc2ccc(F)cc2Cl)c(C)c1NC(=O)c1ccc(COc2c(F)c(F)cc(F)c2F)o1. The molecule has 0 aliphatic heterocycles. The molecule has 1 amide bonds. The molecule has 4 rings (SSSR count). The van der Waals surface area contributed by atoms with E-state index in [0.29, 0.717) is 22.6 Å². The van der Waals surface area contributed by atoms with Crippen molar-refractivity contribution in [3.8, 4) is 5.75 Å². The number of ether oxygens (including phenoxy) is 1. The van der Waals surface area contributed by atoms with Crippen LogP contribution in [0, 0.1) is 42.9 Å². The van der Waals surface area contributed by atoms with Crippen LogP contribution in [0.15, 0.2) is 40.8 Å². The molecule has 0 saturated carbocycles. The molecule has 0 atom stereocenters. The highest BCUT2D eigenvalue weighted by Gasteiger charge is 2.22. The fourth-order valence-electron chi connectivity index (χ4n) is 3.42. The first kappa shape index (κ1) is 25.2. The summed E-state index contributed by atoms with van der Waals surface area (Å²) < 4.78 is 79.2. The van der Waals surface area contributed by atoms with E-state index in [0.717, 1.165) is 0 Å². The maximum Gasteiger partial charge on any atom is 0.291 e. The molecule has 6 nitrogen and oxygen atoms in total. The number of nitrogens with one attached hydrogen (secondary N) is 1. The number of anilines is 1. The fraction of sp³-hybridized carbons (Fsp3) is 0.167. The minimum absolute atomic E-state index is 0.0290. The zero-order valence-electron chi connectivity index (χ0n) is 18.8. The Labute approximate surface area is 206 Å². The number of aryl methyl sites for hydroxylation is 1.